The number of para-hydroxylation sites is 1. The summed E-state index contributed by atoms with van der Waals surface area (Å²) in [5, 5.41) is 14.5. The summed E-state index contributed by atoms with van der Waals surface area (Å²) in [5.74, 6) is 0.0243. The third kappa shape index (κ3) is 6.76. The first-order valence-corrected chi connectivity index (χ1v) is 14.9. The fourth-order valence-corrected chi connectivity index (χ4v) is 5.46. The quantitative estimate of drug-likeness (QED) is 0.326. The largest absolute Gasteiger partial charge is 0.506 e. The van der Waals surface area contributed by atoms with Gasteiger partial charge in [-0.15, -0.1) is 0 Å². The van der Waals surface area contributed by atoms with Crippen LogP contribution >= 0.6 is 0 Å². The van der Waals surface area contributed by atoms with Crippen molar-refractivity contribution < 1.29 is 9.90 Å². The number of amides is 1. The van der Waals surface area contributed by atoms with Gasteiger partial charge < -0.3 is 34.9 Å². The molecule has 2 N–H and O–H groups in total. The maximum Gasteiger partial charge on any atom is 0.275 e. The van der Waals surface area contributed by atoms with Gasteiger partial charge in [0, 0.05) is 69.3 Å². The number of hydrogen-bond acceptors (Lipinski definition) is 10. The van der Waals surface area contributed by atoms with E-state index in [1.165, 1.54) is 27.3 Å². The van der Waals surface area contributed by atoms with Gasteiger partial charge in [0.2, 0.25) is 5.95 Å². The van der Waals surface area contributed by atoms with Crippen molar-refractivity contribution in [3.8, 4) is 5.75 Å². The second-order valence-electron chi connectivity index (χ2n) is 11.7. The second kappa shape index (κ2) is 13.4. The van der Waals surface area contributed by atoms with Crippen molar-refractivity contribution in [3.63, 3.8) is 0 Å². The molecule has 2 aromatic heterocycles. The molecular formula is C33H41N9O3. The first-order valence-electron chi connectivity index (χ1n) is 14.9. The summed E-state index contributed by atoms with van der Waals surface area (Å²) in [4.78, 5) is 45.2. The highest BCUT2D eigenvalue weighted by Gasteiger charge is 2.30. The molecule has 1 fully saturated rings. The van der Waals surface area contributed by atoms with E-state index in [2.05, 4.69) is 50.8 Å². The maximum atomic E-state index is 13.6. The number of hydrogen-bond donors (Lipinski definition) is 2. The standard InChI is InChI=1S/C30H32N8O3.C3H9N/c1-4-26(40)38-17-16-37(23-6-5-7-25(39)27(23)38)24-18-20-19-31-30(33-28(20)35(3)29(24)41)32-21-8-10-22(11-9-21)36-14-12-34(2)13-15-36;1-4(2)3/h4-11,18-19,39H,1,12-17H2,2-3H3,(H,31,32,33);1-3H3. The molecule has 1 amide bonds. The van der Waals surface area contributed by atoms with Crippen LogP contribution in [0.15, 0.2) is 72.2 Å². The Labute approximate surface area is 263 Å². The minimum Gasteiger partial charge on any atom is -0.506 e. The van der Waals surface area contributed by atoms with E-state index in [1.54, 1.807) is 31.4 Å². The zero-order chi connectivity index (χ0) is 32.2. The lowest BCUT2D eigenvalue weighted by atomic mass is 10.1. The van der Waals surface area contributed by atoms with Crippen LogP contribution in [0.1, 0.15) is 0 Å². The normalized spacial score (nSPS) is 15.0. The number of benzene rings is 2. The lowest BCUT2D eigenvalue weighted by molar-refractivity contribution is -0.114. The van der Waals surface area contributed by atoms with Crippen LogP contribution in [0, 0.1) is 0 Å². The van der Waals surface area contributed by atoms with Crippen LogP contribution < -0.4 is 25.6 Å². The summed E-state index contributed by atoms with van der Waals surface area (Å²) in [7, 11) is 9.82. The van der Waals surface area contributed by atoms with Crippen molar-refractivity contribution in [2.24, 2.45) is 7.05 Å². The number of likely N-dealkylation sites (N-methyl/N-ethyl adjacent to an activating group) is 1. The van der Waals surface area contributed by atoms with Gasteiger partial charge in [-0.25, -0.2) is 4.98 Å². The lowest BCUT2D eigenvalue weighted by Crippen LogP contribution is -2.44. The van der Waals surface area contributed by atoms with Crippen molar-refractivity contribution in [2.75, 3.05) is 87.5 Å². The van der Waals surface area contributed by atoms with Gasteiger partial charge in [-0.3, -0.25) is 14.2 Å². The average molecular weight is 612 g/mol. The Bertz CT molecular complexity index is 1740. The molecule has 4 aromatic rings. The van der Waals surface area contributed by atoms with Crippen LogP contribution in [0.25, 0.3) is 11.0 Å². The molecule has 0 atom stereocenters. The van der Waals surface area contributed by atoms with Gasteiger partial charge in [0.05, 0.1) is 5.69 Å². The zero-order valence-electron chi connectivity index (χ0n) is 26.6. The fourth-order valence-electron chi connectivity index (χ4n) is 5.46. The number of carbonyl (C=O) groups is 1. The predicted molar refractivity (Wildman–Crippen MR) is 181 cm³/mol. The first kappa shape index (κ1) is 31.5. The molecule has 0 bridgehead atoms. The van der Waals surface area contributed by atoms with E-state index in [1.807, 2.05) is 43.1 Å². The maximum absolute atomic E-state index is 13.6. The van der Waals surface area contributed by atoms with Gasteiger partial charge in [0.1, 0.15) is 22.8 Å². The number of phenolic OH excluding ortho intramolecular Hbond substituents is 1. The Balaban J connectivity index is 0.000000945. The average Bonchev–Trinajstić information content (AvgIpc) is 3.03. The Morgan fingerprint density at radius 1 is 0.978 bits per heavy atom. The molecule has 0 saturated carbocycles. The Morgan fingerprint density at radius 2 is 1.67 bits per heavy atom. The molecule has 4 heterocycles. The number of aryl methyl sites for hydroxylation is 1. The summed E-state index contributed by atoms with van der Waals surface area (Å²) in [5.41, 5.74) is 3.58. The van der Waals surface area contributed by atoms with E-state index in [4.69, 9.17) is 0 Å². The van der Waals surface area contributed by atoms with Gasteiger partial charge in [-0.2, -0.15) is 4.98 Å². The van der Waals surface area contributed by atoms with Crippen molar-refractivity contribution >= 4 is 51.3 Å². The molecule has 12 nitrogen and oxygen atoms in total. The van der Waals surface area contributed by atoms with E-state index in [0.717, 1.165) is 31.9 Å². The molecule has 2 aliphatic rings. The summed E-state index contributed by atoms with van der Waals surface area (Å²) in [6.07, 6.45) is 2.90. The number of rotatable bonds is 5. The van der Waals surface area contributed by atoms with Gasteiger partial charge >= 0.3 is 0 Å². The molecule has 6 rings (SSSR count). The van der Waals surface area contributed by atoms with Crippen LogP contribution in [0.2, 0.25) is 0 Å². The minimum absolute atomic E-state index is 0.0457. The third-order valence-corrected chi connectivity index (χ3v) is 7.75. The van der Waals surface area contributed by atoms with Crippen molar-refractivity contribution in [2.45, 2.75) is 0 Å². The van der Waals surface area contributed by atoms with Crippen LogP contribution in [-0.4, -0.2) is 103 Å². The number of phenols is 1. The van der Waals surface area contributed by atoms with E-state index in [0.29, 0.717) is 40.6 Å². The summed E-state index contributed by atoms with van der Waals surface area (Å²) < 4.78 is 1.50. The van der Waals surface area contributed by atoms with Crippen LogP contribution in [-0.2, 0) is 11.8 Å². The van der Waals surface area contributed by atoms with Gasteiger partial charge in [0.15, 0.2) is 0 Å². The second-order valence-corrected chi connectivity index (χ2v) is 11.7. The van der Waals surface area contributed by atoms with Crippen LogP contribution in [0.5, 0.6) is 5.75 Å². The topological polar surface area (TPSA) is 113 Å². The van der Waals surface area contributed by atoms with E-state index in [-0.39, 0.29) is 23.8 Å². The van der Waals surface area contributed by atoms with Crippen molar-refractivity contribution in [1.82, 2.24) is 24.3 Å². The highest BCUT2D eigenvalue weighted by Crippen LogP contribution is 2.43. The van der Waals surface area contributed by atoms with E-state index < -0.39 is 0 Å². The first-order chi connectivity index (χ1) is 21.6. The number of carbonyl (C=O) groups excluding carboxylic acids is 1. The van der Waals surface area contributed by atoms with E-state index in [9.17, 15) is 14.7 Å². The molecule has 0 unspecified atom stereocenters. The number of pyridine rings is 1. The van der Waals surface area contributed by atoms with Crippen molar-refractivity contribution in [1.29, 1.82) is 0 Å². The monoisotopic (exact) mass is 611 g/mol. The molecule has 12 heteroatoms. The third-order valence-electron chi connectivity index (χ3n) is 7.75. The number of nitrogens with zero attached hydrogens (tertiary/aromatic N) is 8. The molecule has 2 aliphatic heterocycles. The SMILES string of the molecule is C=CC(=O)N1CCN(c2cc3cnc(Nc4ccc(N5CCN(C)CC5)cc4)nc3n(C)c2=O)c2cccc(O)c21.CN(C)C. The smallest absolute Gasteiger partial charge is 0.275 e. The molecule has 236 valence electrons. The van der Waals surface area contributed by atoms with Gasteiger partial charge in [-0.05, 0) is 76.7 Å². The Morgan fingerprint density at radius 3 is 2.33 bits per heavy atom. The van der Waals surface area contributed by atoms with E-state index >= 15 is 0 Å². The Hall–Kier alpha value is -4.94. The van der Waals surface area contributed by atoms with Crippen LogP contribution in [0.4, 0.5) is 34.4 Å². The number of piperazine rings is 1. The molecular weight excluding hydrogens is 570 g/mol. The highest BCUT2D eigenvalue weighted by molar-refractivity contribution is 6.06. The number of anilines is 6. The summed E-state index contributed by atoms with van der Waals surface area (Å²) in [6, 6.07) is 14.9. The number of nitrogens with one attached hydrogen (secondary N) is 1. The number of aromatic nitrogens is 3. The molecule has 45 heavy (non-hydrogen) atoms. The predicted octanol–water partition coefficient (Wildman–Crippen LogP) is 3.38. The molecule has 1 saturated heterocycles. The molecule has 0 aliphatic carbocycles. The van der Waals surface area contributed by atoms with Crippen molar-refractivity contribution in [3.05, 3.63) is 77.7 Å². The minimum atomic E-state index is -0.318. The Kier molecular flexibility index (Phi) is 9.35. The molecule has 0 spiro atoms. The lowest BCUT2D eigenvalue weighted by Gasteiger charge is -2.37. The zero-order valence-corrected chi connectivity index (χ0v) is 26.6. The summed E-state index contributed by atoms with van der Waals surface area (Å²) in [6.45, 7) is 8.32. The van der Waals surface area contributed by atoms with Gasteiger partial charge in [0.25, 0.3) is 11.5 Å². The number of aromatic hydroxyl groups is 1. The summed E-state index contributed by atoms with van der Waals surface area (Å²) >= 11 is 0. The highest BCUT2D eigenvalue weighted by atomic mass is 16.3. The molecule has 2 aromatic carbocycles. The fraction of sp³-hybridized carbons (Fsp3) is 0.333. The molecule has 0 radical (unpaired) electrons. The van der Waals surface area contributed by atoms with Crippen LogP contribution in [0.3, 0.4) is 0 Å². The van der Waals surface area contributed by atoms with Gasteiger partial charge in [-0.1, -0.05) is 12.6 Å². The number of fused-ring (bicyclic) bond motifs is 2.